The summed E-state index contributed by atoms with van der Waals surface area (Å²) in [5, 5.41) is 7.08. The summed E-state index contributed by atoms with van der Waals surface area (Å²) in [4.78, 5) is 6.99. The van der Waals surface area contributed by atoms with Gasteiger partial charge in [-0.3, -0.25) is 9.89 Å². The normalized spacial score (nSPS) is 21.0. The van der Waals surface area contributed by atoms with Crippen LogP contribution in [0.15, 0.2) is 65.7 Å². The fourth-order valence-electron chi connectivity index (χ4n) is 3.76. The Balaban J connectivity index is 1.42. The van der Waals surface area contributed by atoms with Crippen LogP contribution in [-0.2, 0) is 13.0 Å². The van der Waals surface area contributed by atoms with Gasteiger partial charge in [0.25, 0.3) is 0 Å². The highest BCUT2D eigenvalue weighted by atomic mass is 15.2. The fraction of sp³-hybridized carbons (Fsp3) is 0.435. The Kier molecular flexibility index (Phi) is 7.28. The van der Waals surface area contributed by atoms with E-state index in [1.165, 1.54) is 11.1 Å². The van der Waals surface area contributed by atoms with Crippen LogP contribution in [0.2, 0.25) is 0 Å². The number of aliphatic imine (C=N–C) groups is 1. The number of benzene rings is 2. The van der Waals surface area contributed by atoms with E-state index in [-0.39, 0.29) is 0 Å². The van der Waals surface area contributed by atoms with Crippen molar-refractivity contribution in [2.24, 2.45) is 4.99 Å². The number of nitrogens with zero attached hydrogens (tertiary/aromatic N) is 2. The minimum atomic E-state index is 0.481. The zero-order chi connectivity index (χ0) is 18.9. The molecule has 2 aromatic carbocycles. The van der Waals surface area contributed by atoms with Gasteiger partial charge in [-0.1, -0.05) is 60.7 Å². The van der Waals surface area contributed by atoms with Crippen LogP contribution in [0.5, 0.6) is 0 Å². The molecule has 0 aliphatic carbocycles. The maximum atomic E-state index is 4.41. The molecule has 1 fully saturated rings. The molecule has 3 rings (SSSR count). The van der Waals surface area contributed by atoms with Crippen LogP contribution in [-0.4, -0.2) is 43.1 Å². The third kappa shape index (κ3) is 6.10. The topological polar surface area (TPSA) is 39.7 Å². The van der Waals surface area contributed by atoms with E-state index in [1.807, 2.05) is 7.05 Å². The quantitative estimate of drug-likeness (QED) is 0.609. The van der Waals surface area contributed by atoms with Crippen molar-refractivity contribution in [3.63, 3.8) is 0 Å². The summed E-state index contributed by atoms with van der Waals surface area (Å²) in [6, 6.07) is 22.4. The number of likely N-dealkylation sites (tertiary alicyclic amines) is 1. The third-order valence-electron chi connectivity index (χ3n) is 5.36. The molecule has 2 atom stereocenters. The minimum absolute atomic E-state index is 0.481. The Hall–Kier alpha value is -2.33. The van der Waals surface area contributed by atoms with E-state index in [9.17, 15) is 0 Å². The second-order valence-corrected chi connectivity index (χ2v) is 7.41. The maximum absolute atomic E-state index is 4.41. The molecule has 144 valence electrons. The lowest BCUT2D eigenvalue weighted by molar-refractivity contribution is 0.134. The molecule has 2 unspecified atom stereocenters. The molecule has 4 nitrogen and oxygen atoms in total. The van der Waals surface area contributed by atoms with E-state index >= 15 is 0 Å². The van der Waals surface area contributed by atoms with Crippen LogP contribution < -0.4 is 10.6 Å². The molecule has 2 N–H and O–H groups in total. The van der Waals surface area contributed by atoms with Gasteiger partial charge in [-0.05, 0) is 37.3 Å². The number of nitrogens with one attached hydrogen (secondary N) is 2. The Morgan fingerprint density at radius 2 is 1.70 bits per heavy atom. The lowest BCUT2D eigenvalue weighted by atomic mass is 9.97. The average molecular weight is 365 g/mol. The maximum Gasteiger partial charge on any atom is 0.191 e. The van der Waals surface area contributed by atoms with Gasteiger partial charge in [0.15, 0.2) is 5.96 Å². The number of hydrogen-bond acceptors (Lipinski definition) is 2. The smallest absolute Gasteiger partial charge is 0.191 e. The van der Waals surface area contributed by atoms with E-state index in [2.05, 4.69) is 88.1 Å². The van der Waals surface area contributed by atoms with Gasteiger partial charge < -0.3 is 10.6 Å². The van der Waals surface area contributed by atoms with Gasteiger partial charge in [0.05, 0.1) is 0 Å². The summed E-state index contributed by atoms with van der Waals surface area (Å²) in [6.07, 6.45) is 3.30. The highest BCUT2D eigenvalue weighted by Gasteiger charge is 2.25. The first-order valence-electron chi connectivity index (χ1n) is 10.0. The Bertz CT molecular complexity index is 699. The fourth-order valence-corrected chi connectivity index (χ4v) is 3.76. The number of piperidine rings is 1. The summed E-state index contributed by atoms with van der Waals surface area (Å²) in [5.41, 5.74) is 2.75. The highest BCUT2D eigenvalue weighted by molar-refractivity contribution is 5.79. The average Bonchev–Trinajstić information content (AvgIpc) is 2.71. The molecule has 0 saturated carbocycles. The minimum Gasteiger partial charge on any atom is -0.356 e. The molecule has 1 aliphatic rings. The molecule has 4 heteroatoms. The van der Waals surface area contributed by atoms with Crippen molar-refractivity contribution in [2.75, 3.05) is 20.1 Å². The van der Waals surface area contributed by atoms with Crippen LogP contribution >= 0.6 is 0 Å². The SMILES string of the molecule is CN=C(NCCc1ccccc1)NC1CCN(Cc2ccccc2)C(C)C1. The molecule has 0 bridgehead atoms. The molecule has 1 heterocycles. The van der Waals surface area contributed by atoms with Gasteiger partial charge in [0.1, 0.15) is 0 Å². The van der Waals surface area contributed by atoms with Crippen LogP contribution in [0, 0.1) is 0 Å². The molecule has 0 spiro atoms. The molecular formula is C23H32N4. The molecule has 2 aromatic rings. The second-order valence-electron chi connectivity index (χ2n) is 7.41. The van der Waals surface area contributed by atoms with Crippen LogP contribution in [0.25, 0.3) is 0 Å². The van der Waals surface area contributed by atoms with E-state index in [1.54, 1.807) is 0 Å². The third-order valence-corrected chi connectivity index (χ3v) is 5.36. The predicted octanol–water partition coefficient (Wildman–Crippen LogP) is 3.45. The molecule has 0 amide bonds. The molecule has 27 heavy (non-hydrogen) atoms. The molecule has 1 saturated heterocycles. The summed E-state index contributed by atoms with van der Waals surface area (Å²) in [5.74, 6) is 0.916. The van der Waals surface area contributed by atoms with Crippen molar-refractivity contribution in [2.45, 2.75) is 44.8 Å². The van der Waals surface area contributed by atoms with Crippen molar-refractivity contribution >= 4 is 5.96 Å². The van der Waals surface area contributed by atoms with Crippen molar-refractivity contribution in [1.82, 2.24) is 15.5 Å². The highest BCUT2D eigenvalue weighted by Crippen LogP contribution is 2.19. The number of rotatable bonds is 6. The Morgan fingerprint density at radius 1 is 1.04 bits per heavy atom. The van der Waals surface area contributed by atoms with Crippen molar-refractivity contribution < 1.29 is 0 Å². The van der Waals surface area contributed by atoms with Gasteiger partial charge >= 0.3 is 0 Å². The standard InChI is InChI=1S/C23H32N4/c1-19-17-22(14-16-27(19)18-21-11-7-4-8-12-21)26-23(24-2)25-15-13-20-9-5-3-6-10-20/h3-12,19,22H,13-18H2,1-2H3,(H2,24,25,26). The second kappa shape index (κ2) is 10.1. The van der Waals surface area contributed by atoms with Gasteiger partial charge in [0.2, 0.25) is 0 Å². The van der Waals surface area contributed by atoms with Gasteiger partial charge in [-0.15, -0.1) is 0 Å². The predicted molar refractivity (Wildman–Crippen MR) is 114 cm³/mol. The molecule has 0 aromatic heterocycles. The van der Waals surface area contributed by atoms with Gasteiger partial charge in [-0.2, -0.15) is 0 Å². The summed E-state index contributed by atoms with van der Waals surface area (Å²) < 4.78 is 0. The summed E-state index contributed by atoms with van der Waals surface area (Å²) in [6.45, 7) is 5.39. The summed E-state index contributed by atoms with van der Waals surface area (Å²) in [7, 11) is 1.85. The zero-order valence-corrected chi connectivity index (χ0v) is 16.6. The largest absolute Gasteiger partial charge is 0.356 e. The van der Waals surface area contributed by atoms with Crippen molar-refractivity contribution in [3.8, 4) is 0 Å². The number of hydrogen-bond donors (Lipinski definition) is 2. The van der Waals surface area contributed by atoms with Crippen molar-refractivity contribution in [3.05, 3.63) is 71.8 Å². The summed E-state index contributed by atoms with van der Waals surface area (Å²) >= 11 is 0. The van der Waals surface area contributed by atoms with Crippen LogP contribution in [0.1, 0.15) is 30.9 Å². The first kappa shape index (κ1) is 19.4. The molecule has 1 aliphatic heterocycles. The van der Waals surface area contributed by atoms with Gasteiger partial charge in [-0.25, -0.2) is 0 Å². The molecular weight excluding hydrogens is 332 g/mol. The molecule has 0 radical (unpaired) electrons. The van der Waals surface area contributed by atoms with Gasteiger partial charge in [0, 0.05) is 38.8 Å². The van der Waals surface area contributed by atoms with E-state index in [4.69, 9.17) is 0 Å². The van der Waals surface area contributed by atoms with Crippen LogP contribution in [0.4, 0.5) is 0 Å². The lowest BCUT2D eigenvalue weighted by Crippen LogP contribution is -2.51. The first-order valence-corrected chi connectivity index (χ1v) is 10.0. The van der Waals surface area contributed by atoms with E-state index < -0.39 is 0 Å². The Morgan fingerprint density at radius 3 is 2.33 bits per heavy atom. The monoisotopic (exact) mass is 364 g/mol. The van der Waals surface area contributed by atoms with E-state index in [0.29, 0.717) is 12.1 Å². The first-order chi connectivity index (χ1) is 13.2. The zero-order valence-electron chi connectivity index (χ0n) is 16.6. The number of guanidine groups is 1. The lowest BCUT2D eigenvalue weighted by Gasteiger charge is -2.38. The van der Waals surface area contributed by atoms with E-state index in [0.717, 1.165) is 44.9 Å². The Labute approximate surface area is 163 Å². The van der Waals surface area contributed by atoms with Crippen molar-refractivity contribution in [1.29, 1.82) is 0 Å². The van der Waals surface area contributed by atoms with Crippen LogP contribution in [0.3, 0.4) is 0 Å².